The van der Waals surface area contributed by atoms with Crippen molar-refractivity contribution in [2.45, 2.75) is 5.88 Å². The molecule has 2 N–H and O–H groups in total. The molecule has 2 aromatic heterocycles. The van der Waals surface area contributed by atoms with E-state index in [1.807, 2.05) is 0 Å². The molecule has 19 heavy (non-hydrogen) atoms. The summed E-state index contributed by atoms with van der Waals surface area (Å²) in [5, 5.41) is 4.11. The van der Waals surface area contributed by atoms with Gasteiger partial charge in [0.1, 0.15) is 5.82 Å². The van der Waals surface area contributed by atoms with Gasteiger partial charge in [-0.2, -0.15) is 4.52 Å². The van der Waals surface area contributed by atoms with Crippen LogP contribution in [0.2, 0.25) is 0 Å². The third kappa shape index (κ3) is 2.10. The summed E-state index contributed by atoms with van der Waals surface area (Å²) >= 11 is 5.68. The van der Waals surface area contributed by atoms with Gasteiger partial charge in [0.05, 0.1) is 11.6 Å². The van der Waals surface area contributed by atoms with Crippen molar-refractivity contribution in [2.24, 2.45) is 0 Å². The van der Waals surface area contributed by atoms with Crippen LogP contribution in [0.3, 0.4) is 0 Å². The average molecular weight is 278 g/mol. The highest BCUT2D eigenvalue weighted by molar-refractivity contribution is 6.16. The summed E-state index contributed by atoms with van der Waals surface area (Å²) in [4.78, 5) is 8.44. The van der Waals surface area contributed by atoms with Crippen LogP contribution in [-0.2, 0) is 5.88 Å². The van der Waals surface area contributed by atoms with E-state index in [1.54, 1.807) is 18.2 Å². The third-order valence-corrected chi connectivity index (χ3v) is 2.89. The summed E-state index contributed by atoms with van der Waals surface area (Å²) in [6.07, 6.45) is 0. The zero-order chi connectivity index (χ0) is 13.4. The number of benzene rings is 1. The fourth-order valence-corrected chi connectivity index (χ4v) is 1.89. The third-order valence-electron chi connectivity index (χ3n) is 2.65. The number of fused-ring (bicyclic) bond motifs is 1. The van der Waals surface area contributed by atoms with Crippen LogP contribution in [0.1, 0.15) is 5.82 Å². The molecule has 1 aromatic carbocycles. The Hall–Kier alpha value is -2.21. The van der Waals surface area contributed by atoms with Gasteiger partial charge in [0.25, 0.3) is 0 Å². The van der Waals surface area contributed by atoms with Gasteiger partial charge in [-0.25, -0.2) is 14.4 Å². The molecule has 0 unspecified atom stereocenters. The van der Waals surface area contributed by atoms with Gasteiger partial charge in [-0.05, 0) is 24.3 Å². The molecule has 5 nitrogen and oxygen atoms in total. The van der Waals surface area contributed by atoms with Crippen LogP contribution in [0.25, 0.3) is 16.9 Å². The predicted molar refractivity (Wildman–Crippen MR) is 70.1 cm³/mol. The van der Waals surface area contributed by atoms with Crippen molar-refractivity contribution in [2.75, 3.05) is 5.73 Å². The first-order valence-electron chi connectivity index (χ1n) is 5.51. The number of nitrogens with two attached hydrogens (primary N) is 1. The Bertz CT molecular complexity index is 738. The molecule has 0 amide bonds. The number of hydrogen-bond donors (Lipinski definition) is 1. The van der Waals surface area contributed by atoms with Crippen molar-refractivity contribution in [1.29, 1.82) is 0 Å². The van der Waals surface area contributed by atoms with Crippen molar-refractivity contribution in [1.82, 2.24) is 19.6 Å². The molecule has 0 aliphatic heterocycles. The Balaban J connectivity index is 2.17. The fraction of sp³-hybridized carbons (Fsp3) is 0.0833. The fourth-order valence-electron chi connectivity index (χ4n) is 1.78. The molecule has 0 aliphatic carbocycles. The zero-order valence-electron chi connectivity index (χ0n) is 9.72. The molecule has 0 aliphatic rings. The van der Waals surface area contributed by atoms with Crippen LogP contribution >= 0.6 is 11.6 Å². The van der Waals surface area contributed by atoms with Gasteiger partial charge in [-0.3, -0.25) is 0 Å². The first-order valence-corrected chi connectivity index (χ1v) is 6.05. The lowest BCUT2D eigenvalue weighted by Gasteiger charge is -2.03. The SMILES string of the molecule is Nc1nc(-c2ccc(F)cc2)cc2nc(CCl)nn12. The Labute approximate surface area is 112 Å². The van der Waals surface area contributed by atoms with E-state index < -0.39 is 0 Å². The quantitative estimate of drug-likeness (QED) is 0.730. The Morgan fingerprint density at radius 2 is 1.95 bits per heavy atom. The minimum atomic E-state index is -0.301. The molecule has 7 heteroatoms. The van der Waals surface area contributed by atoms with Crippen molar-refractivity contribution < 1.29 is 4.39 Å². The van der Waals surface area contributed by atoms with Crippen LogP contribution in [0, 0.1) is 5.82 Å². The van der Waals surface area contributed by atoms with Crippen molar-refractivity contribution >= 4 is 23.2 Å². The lowest BCUT2D eigenvalue weighted by Crippen LogP contribution is -2.03. The zero-order valence-corrected chi connectivity index (χ0v) is 10.5. The normalized spacial score (nSPS) is 11.1. The standard InChI is InChI=1S/C12H9ClFN5/c13-6-10-17-11-5-9(16-12(15)19(11)18-10)7-1-3-8(14)4-2-7/h1-5H,6H2,(H2,15,16). The van der Waals surface area contributed by atoms with E-state index in [2.05, 4.69) is 15.1 Å². The molecular weight excluding hydrogens is 269 g/mol. The average Bonchev–Trinajstić information content (AvgIpc) is 2.83. The number of nitrogen functional groups attached to an aromatic ring is 1. The second-order valence-corrected chi connectivity index (χ2v) is 4.21. The Morgan fingerprint density at radius 1 is 1.21 bits per heavy atom. The Kier molecular flexibility index (Phi) is 2.79. The molecule has 0 saturated carbocycles. The van der Waals surface area contributed by atoms with E-state index in [-0.39, 0.29) is 17.6 Å². The lowest BCUT2D eigenvalue weighted by atomic mass is 10.1. The number of rotatable bonds is 2. The summed E-state index contributed by atoms with van der Waals surface area (Å²) in [5.74, 6) is 0.587. The van der Waals surface area contributed by atoms with E-state index in [4.69, 9.17) is 17.3 Å². The molecule has 0 radical (unpaired) electrons. The molecule has 3 rings (SSSR count). The van der Waals surface area contributed by atoms with Gasteiger partial charge >= 0.3 is 0 Å². The molecule has 0 saturated heterocycles. The second-order valence-electron chi connectivity index (χ2n) is 3.94. The highest BCUT2D eigenvalue weighted by Gasteiger charge is 2.09. The number of nitrogens with zero attached hydrogens (tertiary/aromatic N) is 4. The van der Waals surface area contributed by atoms with Crippen LogP contribution in [0.4, 0.5) is 10.3 Å². The predicted octanol–water partition coefficient (Wildman–Crippen LogP) is 2.25. The minimum Gasteiger partial charge on any atom is -0.368 e. The summed E-state index contributed by atoms with van der Waals surface area (Å²) in [5.41, 5.74) is 7.75. The lowest BCUT2D eigenvalue weighted by molar-refractivity contribution is 0.628. The van der Waals surface area contributed by atoms with Crippen LogP contribution < -0.4 is 5.73 Å². The Morgan fingerprint density at radius 3 is 2.63 bits per heavy atom. The highest BCUT2D eigenvalue weighted by atomic mass is 35.5. The number of halogens is 2. The molecular formula is C12H9ClFN5. The number of hydrogen-bond acceptors (Lipinski definition) is 4. The summed E-state index contributed by atoms with van der Waals surface area (Å²) in [6.45, 7) is 0. The summed E-state index contributed by atoms with van der Waals surface area (Å²) < 4.78 is 14.3. The van der Waals surface area contributed by atoms with Crippen LogP contribution in [-0.4, -0.2) is 19.6 Å². The van der Waals surface area contributed by atoms with Gasteiger partial charge in [-0.15, -0.1) is 16.7 Å². The van der Waals surface area contributed by atoms with Crippen molar-refractivity contribution in [3.63, 3.8) is 0 Å². The molecule has 2 heterocycles. The largest absolute Gasteiger partial charge is 0.368 e. The van der Waals surface area contributed by atoms with E-state index >= 15 is 0 Å². The number of anilines is 1. The maximum absolute atomic E-state index is 12.9. The van der Waals surface area contributed by atoms with E-state index in [0.717, 1.165) is 5.56 Å². The smallest absolute Gasteiger partial charge is 0.223 e. The van der Waals surface area contributed by atoms with Gasteiger partial charge in [0, 0.05) is 11.6 Å². The molecule has 0 fully saturated rings. The molecule has 0 spiro atoms. The molecule has 0 atom stereocenters. The molecule has 0 bridgehead atoms. The van der Waals surface area contributed by atoms with Gasteiger partial charge in [-0.1, -0.05) is 0 Å². The summed E-state index contributed by atoms with van der Waals surface area (Å²) in [7, 11) is 0. The van der Waals surface area contributed by atoms with Crippen molar-refractivity contribution in [3.05, 3.63) is 42.0 Å². The van der Waals surface area contributed by atoms with E-state index in [1.165, 1.54) is 16.6 Å². The minimum absolute atomic E-state index is 0.201. The summed E-state index contributed by atoms with van der Waals surface area (Å²) in [6, 6.07) is 7.72. The monoisotopic (exact) mass is 277 g/mol. The number of aromatic nitrogens is 4. The van der Waals surface area contributed by atoms with Crippen LogP contribution in [0.15, 0.2) is 30.3 Å². The van der Waals surface area contributed by atoms with Gasteiger partial charge in [0.15, 0.2) is 11.5 Å². The van der Waals surface area contributed by atoms with E-state index in [9.17, 15) is 4.39 Å². The highest BCUT2D eigenvalue weighted by Crippen LogP contribution is 2.20. The van der Waals surface area contributed by atoms with E-state index in [0.29, 0.717) is 17.2 Å². The molecule has 3 aromatic rings. The first kappa shape index (κ1) is 11.9. The maximum Gasteiger partial charge on any atom is 0.223 e. The maximum atomic E-state index is 12.9. The van der Waals surface area contributed by atoms with Crippen molar-refractivity contribution in [3.8, 4) is 11.3 Å². The first-order chi connectivity index (χ1) is 9.17. The topological polar surface area (TPSA) is 69.1 Å². The van der Waals surface area contributed by atoms with Gasteiger partial charge in [0.2, 0.25) is 5.95 Å². The van der Waals surface area contributed by atoms with Gasteiger partial charge < -0.3 is 5.73 Å². The molecule has 96 valence electrons. The number of alkyl halides is 1. The second kappa shape index (κ2) is 4.47. The van der Waals surface area contributed by atoms with Crippen LogP contribution in [0.5, 0.6) is 0 Å².